The molecule has 0 aromatic heterocycles. The summed E-state index contributed by atoms with van der Waals surface area (Å²) in [4.78, 5) is 22.1. The van der Waals surface area contributed by atoms with E-state index in [0.717, 1.165) is 23.8 Å². The molecule has 0 heterocycles. The van der Waals surface area contributed by atoms with Crippen LogP contribution in [0.4, 0.5) is 15.8 Å². The number of nitrogens with zero attached hydrogens (tertiary/aromatic N) is 1. The van der Waals surface area contributed by atoms with E-state index in [-0.39, 0.29) is 11.4 Å². The van der Waals surface area contributed by atoms with E-state index in [4.69, 9.17) is 0 Å². The van der Waals surface area contributed by atoms with Gasteiger partial charge in [0.2, 0.25) is 0 Å². The summed E-state index contributed by atoms with van der Waals surface area (Å²) in [6, 6.07) is 8.03. The monoisotopic (exact) mass is 352 g/mol. The summed E-state index contributed by atoms with van der Waals surface area (Å²) in [7, 11) is 0. The number of anilines is 1. The number of halogens is 2. The van der Waals surface area contributed by atoms with Gasteiger partial charge in [0.1, 0.15) is 5.82 Å². The van der Waals surface area contributed by atoms with Crippen LogP contribution in [0.3, 0.4) is 0 Å². The molecular formula is C14H10BrFN2O3. The number of carbonyl (C=O) groups excluding carboxylic acids is 1. The third-order valence-corrected chi connectivity index (χ3v) is 3.43. The van der Waals surface area contributed by atoms with E-state index in [1.165, 1.54) is 0 Å². The van der Waals surface area contributed by atoms with E-state index < -0.39 is 16.6 Å². The quantitative estimate of drug-likeness (QED) is 0.668. The van der Waals surface area contributed by atoms with Gasteiger partial charge in [-0.05, 0) is 46.6 Å². The van der Waals surface area contributed by atoms with Gasteiger partial charge in [-0.3, -0.25) is 14.9 Å². The largest absolute Gasteiger partial charge is 0.319 e. The first kappa shape index (κ1) is 15.1. The van der Waals surface area contributed by atoms with E-state index >= 15 is 0 Å². The SMILES string of the molecule is Cc1ccc(C(=O)Nc2cc([N+](=O)[O-])ccc2F)c(Br)c1. The predicted octanol–water partition coefficient (Wildman–Crippen LogP) is 4.06. The lowest BCUT2D eigenvalue weighted by molar-refractivity contribution is -0.384. The Balaban J connectivity index is 2.31. The highest BCUT2D eigenvalue weighted by Gasteiger charge is 2.15. The minimum absolute atomic E-state index is 0.235. The average molecular weight is 353 g/mol. The molecule has 0 bridgehead atoms. The molecule has 2 rings (SSSR count). The van der Waals surface area contributed by atoms with Gasteiger partial charge >= 0.3 is 0 Å². The van der Waals surface area contributed by atoms with Crippen molar-refractivity contribution in [2.45, 2.75) is 6.92 Å². The topological polar surface area (TPSA) is 72.2 Å². The van der Waals surface area contributed by atoms with Crippen molar-refractivity contribution in [1.29, 1.82) is 0 Å². The van der Waals surface area contributed by atoms with E-state index in [1.807, 2.05) is 6.92 Å². The van der Waals surface area contributed by atoms with E-state index in [0.29, 0.717) is 10.0 Å². The fourth-order valence-electron chi connectivity index (χ4n) is 1.72. The molecule has 7 heteroatoms. The third-order valence-electron chi connectivity index (χ3n) is 2.78. The molecule has 0 aliphatic heterocycles. The number of aryl methyl sites for hydroxylation is 1. The van der Waals surface area contributed by atoms with Gasteiger partial charge < -0.3 is 5.32 Å². The second-order valence-corrected chi connectivity index (χ2v) is 5.21. The molecule has 0 atom stereocenters. The molecule has 0 saturated heterocycles. The van der Waals surface area contributed by atoms with Crippen molar-refractivity contribution in [2.24, 2.45) is 0 Å². The Bertz CT molecular complexity index is 734. The van der Waals surface area contributed by atoms with Crippen LogP contribution in [-0.2, 0) is 0 Å². The maximum atomic E-state index is 13.6. The summed E-state index contributed by atoms with van der Waals surface area (Å²) < 4.78 is 14.2. The van der Waals surface area contributed by atoms with Gasteiger partial charge in [-0.15, -0.1) is 0 Å². The Kier molecular flexibility index (Phi) is 4.32. The van der Waals surface area contributed by atoms with E-state index in [2.05, 4.69) is 21.2 Å². The molecule has 0 aliphatic rings. The lowest BCUT2D eigenvalue weighted by Gasteiger charge is -2.08. The highest BCUT2D eigenvalue weighted by Crippen LogP contribution is 2.24. The summed E-state index contributed by atoms with van der Waals surface area (Å²) in [5.41, 5.74) is 0.739. The van der Waals surface area contributed by atoms with Crippen molar-refractivity contribution in [3.63, 3.8) is 0 Å². The van der Waals surface area contributed by atoms with Gasteiger partial charge in [0.05, 0.1) is 16.2 Å². The molecule has 5 nitrogen and oxygen atoms in total. The van der Waals surface area contributed by atoms with E-state index in [9.17, 15) is 19.3 Å². The number of non-ortho nitro benzene ring substituents is 1. The highest BCUT2D eigenvalue weighted by atomic mass is 79.9. The zero-order valence-electron chi connectivity index (χ0n) is 10.9. The van der Waals surface area contributed by atoms with Crippen LogP contribution in [0, 0.1) is 22.9 Å². The zero-order chi connectivity index (χ0) is 15.6. The number of nitro benzene ring substituents is 1. The predicted molar refractivity (Wildman–Crippen MR) is 79.9 cm³/mol. The number of nitrogens with one attached hydrogen (secondary N) is 1. The average Bonchev–Trinajstić information content (AvgIpc) is 2.40. The number of carbonyl (C=O) groups is 1. The summed E-state index contributed by atoms with van der Waals surface area (Å²) in [5.74, 6) is -1.29. The van der Waals surface area contributed by atoms with Crippen LogP contribution in [0.25, 0.3) is 0 Å². The Morgan fingerprint density at radius 1 is 1.29 bits per heavy atom. The first-order valence-electron chi connectivity index (χ1n) is 5.90. The van der Waals surface area contributed by atoms with Gasteiger partial charge in [-0.1, -0.05) is 6.07 Å². The van der Waals surface area contributed by atoms with Crippen molar-refractivity contribution < 1.29 is 14.1 Å². The van der Waals surface area contributed by atoms with Crippen molar-refractivity contribution in [3.8, 4) is 0 Å². The van der Waals surface area contributed by atoms with Gasteiger partial charge in [-0.25, -0.2) is 4.39 Å². The minimum atomic E-state index is -0.739. The van der Waals surface area contributed by atoms with Gasteiger partial charge in [0.15, 0.2) is 0 Å². The van der Waals surface area contributed by atoms with Gasteiger partial charge in [0, 0.05) is 16.6 Å². The third kappa shape index (κ3) is 3.43. The standard InChI is InChI=1S/C14H10BrFN2O3/c1-8-2-4-10(11(15)6-8)14(19)17-13-7-9(18(20)21)3-5-12(13)16/h2-7H,1H3,(H,17,19). The lowest BCUT2D eigenvalue weighted by atomic mass is 10.1. The molecule has 2 aromatic carbocycles. The molecule has 0 aliphatic carbocycles. The number of hydrogen-bond donors (Lipinski definition) is 1. The second-order valence-electron chi connectivity index (χ2n) is 4.36. The summed E-state index contributed by atoms with van der Waals surface area (Å²) in [6.07, 6.45) is 0. The van der Waals surface area contributed by atoms with Crippen molar-refractivity contribution in [1.82, 2.24) is 0 Å². The Hall–Kier alpha value is -2.28. The molecule has 0 spiro atoms. The molecule has 21 heavy (non-hydrogen) atoms. The van der Waals surface area contributed by atoms with Crippen LogP contribution >= 0.6 is 15.9 Å². The summed E-state index contributed by atoms with van der Waals surface area (Å²) >= 11 is 3.25. The highest BCUT2D eigenvalue weighted by molar-refractivity contribution is 9.10. The number of hydrogen-bond acceptors (Lipinski definition) is 3. The number of amides is 1. The van der Waals surface area contributed by atoms with E-state index in [1.54, 1.807) is 18.2 Å². The number of benzene rings is 2. The van der Waals surface area contributed by atoms with Crippen molar-refractivity contribution in [3.05, 3.63) is 67.9 Å². The number of rotatable bonds is 3. The smallest absolute Gasteiger partial charge is 0.271 e. The van der Waals surface area contributed by atoms with Crippen LogP contribution in [0.15, 0.2) is 40.9 Å². The normalized spacial score (nSPS) is 10.2. The molecule has 0 fully saturated rings. The van der Waals surface area contributed by atoms with Crippen LogP contribution < -0.4 is 5.32 Å². The molecule has 2 aromatic rings. The first-order chi connectivity index (χ1) is 9.88. The Labute approximate surface area is 128 Å². The fourth-order valence-corrected chi connectivity index (χ4v) is 2.39. The maximum absolute atomic E-state index is 13.6. The first-order valence-corrected chi connectivity index (χ1v) is 6.69. The Morgan fingerprint density at radius 2 is 2.00 bits per heavy atom. The molecule has 1 amide bonds. The molecule has 0 saturated carbocycles. The molecule has 0 radical (unpaired) electrons. The summed E-state index contributed by atoms with van der Waals surface area (Å²) in [5, 5.41) is 13.0. The fraction of sp³-hybridized carbons (Fsp3) is 0.0714. The second kappa shape index (κ2) is 6.01. The summed E-state index contributed by atoms with van der Waals surface area (Å²) in [6.45, 7) is 1.87. The van der Waals surface area contributed by atoms with Crippen LogP contribution in [0.2, 0.25) is 0 Å². The molecule has 108 valence electrons. The minimum Gasteiger partial charge on any atom is -0.319 e. The molecule has 0 unspecified atom stereocenters. The number of nitro groups is 1. The zero-order valence-corrected chi connectivity index (χ0v) is 12.5. The maximum Gasteiger partial charge on any atom is 0.271 e. The molecular weight excluding hydrogens is 343 g/mol. The van der Waals surface area contributed by atoms with Crippen LogP contribution in [-0.4, -0.2) is 10.8 Å². The Morgan fingerprint density at radius 3 is 2.62 bits per heavy atom. The molecule has 1 N–H and O–H groups in total. The van der Waals surface area contributed by atoms with Crippen LogP contribution in [0.5, 0.6) is 0 Å². The van der Waals surface area contributed by atoms with Gasteiger partial charge in [-0.2, -0.15) is 0 Å². The van der Waals surface area contributed by atoms with Gasteiger partial charge in [0.25, 0.3) is 11.6 Å². The van der Waals surface area contributed by atoms with Crippen molar-refractivity contribution in [2.75, 3.05) is 5.32 Å². The lowest BCUT2D eigenvalue weighted by Crippen LogP contribution is -2.14. The van der Waals surface area contributed by atoms with Crippen LogP contribution in [0.1, 0.15) is 15.9 Å². The van der Waals surface area contributed by atoms with Crippen molar-refractivity contribution >= 4 is 33.2 Å².